The lowest BCUT2D eigenvalue weighted by Crippen LogP contribution is -1.88. The van der Waals surface area contributed by atoms with Crippen molar-refractivity contribution < 1.29 is 9.94 Å². The van der Waals surface area contributed by atoms with Crippen LogP contribution in [0.2, 0.25) is 0 Å². The molecule has 0 atom stereocenters. The fourth-order valence-corrected chi connectivity index (χ4v) is 1.72. The van der Waals surface area contributed by atoms with Crippen molar-refractivity contribution in [2.24, 2.45) is 5.16 Å². The molecule has 0 saturated carbocycles. The Bertz CT molecular complexity index is 315. The molecule has 0 aliphatic carbocycles. The van der Waals surface area contributed by atoms with Gasteiger partial charge in [-0.3, -0.25) is 0 Å². The summed E-state index contributed by atoms with van der Waals surface area (Å²) in [5.74, 6) is 0.720. The van der Waals surface area contributed by atoms with Crippen LogP contribution in [0.3, 0.4) is 0 Å². The molecule has 0 unspecified atom stereocenters. The minimum absolute atomic E-state index is 0.720. The molecular weight excluding hydrogens is 206 g/mol. The number of methoxy groups -OCH3 is 1. The Labute approximate surface area is 85.6 Å². The lowest BCUT2D eigenvalue weighted by Gasteiger charge is -2.05. The summed E-state index contributed by atoms with van der Waals surface area (Å²) in [7, 11) is 2.90. The molecule has 5 heteroatoms. The van der Waals surface area contributed by atoms with Crippen molar-refractivity contribution in [2.45, 2.75) is 4.90 Å². The van der Waals surface area contributed by atoms with Gasteiger partial charge in [0.15, 0.2) is 0 Å². The average molecular weight is 215 g/mol. The minimum atomic E-state index is 0.720. The van der Waals surface area contributed by atoms with E-state index in [1.165, 1.54) is 17.0 Å². The highest BCUT2D eigenvalue weighted by atomic mass is 33.1. The number of hydrogen-bond donors (Lipinski definition) is 2. The highest BCUT2D eigenvalue weighted by molar-refractivity contribution is 8.68. The Morgan fingerprint density at radius 2 is 2.38 bits per heavy atom. The van der Waals surface area contributed by atoms with E-state index < -0.39 is 0 Å². The number of rotatable bonds is 3. The van der Waals surface area contributed by atoms with E-state index in [-0.39, 0.29) is 0 Å². The molecule has 0 heterocycles. The van der Waals surface area contributed by atoms with E-state index in [9.17, 15) is 0 Å². The van der Waals surface area contributed by atoms with Crippen molar-refractivity contribution in [3.05, 3.63) is 23.8 Å². The van der Waals surface area contributed by atoms with Gasteiger partial charge >= 0.3 is 0 Å². The van der Waals surface area contributed by atoms with Crippen molar-refractivity contribution >= 4 is 28.7 Å². The van der Waals surface area contributed by atoms with Crippen LogP contribution in [0.1, 0.15) is 5.56 Å². The summed E-state index contributed by atoms with van der Waals surface area (Å²) < 4.78 is 5.11. The zero-order valence-electron chi connectivity index (χ0n) is 6.97. The first-order chi connectivity index (χ1) is 6.31. The van der Waals surface area contributed by atoms with Gasteiger partial charge in [0.2, 0.25) is 0 Å². The predicted molar refractivity (Wildman–Crippen MR) is 57.2 cm³/mol. The second-order valence-corrected chi connectivity index (χ2v) is 3.42. The van der Waals surface area contributed by atoms with Gasteiger partial charge in [-0.05, 0) is 17.7 Å². The average Bonchev–Trinajstić information content (AvgIpc) is 2.18. The summed E-state index contributed by atoms with van der Waals surface area (Å²) in [6.07, 6.45) is 1.34. The van der Waals surface area contributed by atoms with Crippen molar-refractivity contribution in [2.75, 3.05) is 7.11 Å². The standard InChI is InChI=1S/C8H9NO2S2/c1-11-7-4-6(5-9-10)2-3-8(7)13-12/h2-5,10,12H,1H3/b9-5+. The van der Waals surface area contributed by atoms with Gasteiger partial charge in [-0.25, -0.2) is 0 Å². The normalized spacial score (nSPS) is 10.6. The Kier molecular flexibility index (Phi) is 3.98. The molecule has 0 amide bonds. The smallest absolute Gasteiger partial charge is 0.133 e. The quantitative estimate of drug-likeness (QED) is 0.267. The zero-order chi connectivity index (χ0) is 9.68. The molecule has 1 aromatic carbocycles. The molecule has 0 aromatic heterocycles. The van der Waals surface area contributed by atoms with Gasteiger partial charge in [0.05, 0.1) is 18.2 Å². The Morgan fingerprint density at radius 3 is 2.92 bits per heavy atom. The summed E-state index contributed by atoms with van der Waals surface area (Å²) in [4.78, 5) is 0.931. The number of nitrogens with zero attached hydrogens (tertiary/aromatic N) is 1. The SMILES string of the molecule is COc1cc(/C=N/O)ccc1SS. The zero-order valence-corrected chi connectivity index (χ0v) is 8.68. The fourth-order valence-electron chi connectivity index (χ4n) is 0.907. The fraction of sp³-hybridized carbons (Fsp3) is 0.125. The van der Waals surface area contributed by atoms with Crippen molar-refractivity contribution in [3.8, 4) is 5.75 Å². The van der Waals surface area contributed by atoms with Crippen molar-refractivity contribution in [3.63, 3.8) is 0 Å². The van der Waals surface area contributed by atoms with E-state index in [4.69, 9.17) is 9.94 Å². The topological polar surface area (TPSA) is 41.8 Å². The minimum Gasteiger partial charge on any atom is -0.496 e. The molecule has 0 aliphatic rings. The second kappa shape index (κ2) is 5.04. The molecule has 0 bridgehead atoms. The molecule has 13 heavy (non-hydrogen) atoms. The first kappa shape index (κ1) is 10.3. The van der Waals surface area contributed by atoms with Gasteiger partial charge in [0.25, 0.3) is 0 Å². The third kappa shape index (κ3) is 2.57. The molecule has 1 aromatic rings. The van der Waals surface area contributed by atoms with Crippen LogP contribution in [0.25, 0.3) is 0 Å². The van der Waals surface area contributed by atoms with Gasteiger partial charge in [0, 0.05) is 0 Å². The highest BCUT2D eigenvalue weighted by Gasteiger charge is 2.02. The van der Waals surface area contributed by atoms with Gasteiger partial charge in [0.1, 0.15) is 5.75 Å². The molecule has 1 N–H and O–H groups in total. The number of oxime groups is 1. The Balaban J connectivity index is 3.05. The maximum Gasteiger partial charge on any atom is 0.133 e. The van der Waals surface area contributed by atoms with Crippen LogP contribution in [0.5, 0.6) is 5.75 Å². The summed E-state index contributed by atoms with van der Waals surface area (Å²) in [5, 5.41) is 11.2. The summed E-state index contributed by atoms with van der Waals surface area (Å²) in [5.41, 5.74) is 0.783. The molecule has 70 valence electrons. The second-order valence-electron chi connectivity index (χ2n) is 2.25. The van der Waals surface area contributed by atoms with E-state index >= 15 is 0 Å². The molecule has 0 saturated heterocycles. The highest BCUT2D eigenvalue weighted by Crippen LogP contribution is 2.31. The number of benzene rings is 1. The molecule has 0 spiro atoms. The van der Waals surface area contributed by atoms with Gasteiger partial charge in [-0.1, -0.05) is 22.0 Å². The van der Waals surface area contributed by atoms with E-state index in [1.54, 1.807) is 13.2 Å². The van der Waals surface area contributed by atoms with Crippen LogP contribution >= 0.6 is 22.5 Å². The predicted octanol–water partition coefficient (Wildman–Crippen LogP) is 2.44. The third-order valence-corrected chi connectivity index (χ3v) is 2.62. The summed E-state index contributed by atoms with van der Waals surface area (Å²) >= 11 is 4.07. The lowest BCUT2D eigenvalue weighted by atomic mass is 10.2. The van der Waals surface area contributed by atoms with E-state index in [2.05, 4.69) is 16.8 Å². The molecule has 1 rings (SSSR count). The summed E-state index contributed by atoms with van der Waals surface area (Å²) in [6, 6.07) is 5.45. The van der Waals surface area contributed by atoms with Gasteiger partial charge < -0.3 is 9.94 Å². The van der Waals surface area contributed by atoms with Crippen LogP contribution in [0, 0.1) is 0 Å². The largest absolute Gasteiger partial charge is 0.496 e. The van der Waals surface area contributed by atoms with Crippen LogP contribution in [-0.2, 0) is 0 Å². The van der Waals surface area contributed by atoms with Gasteiger partial charge in [-0.15, -0.1) is 11.7 Å². The number of hydrogen-bond acceptors (Lipinski definition) is 5. The Hall–Kier alpha value is -0.810. The van der Waals surface area contributed by atoms with E-state index in [0.29, 0.717) is 0 Å². The maximum atomic E-state index is 8.32. The Morgan fingerprint density at radius 1 is 1.62 bits per heavy atom. The molecule has 3 nitrogen and oxygen atoms in total. The monoisotopic (exact) mass is 215 g/mol. The van der Waals surface area contributed by atoms with Gasteiger partial charge in [-0.2, -0.15) is 0 Å². The van der Waals surface area contributed by atoms with Crippen LogP contribution in [0.4, 0.5) is 0 Å². The van der Waals surface area contributed by atoms with Crippen molar-refractivity contribution in [1.29, 1.82) is 0 Å². The number of ether oxygens (including phenoxy) is 1. The molecule has 0 radical (unpaired) electrons. The maximum absolute atomic E-state index is 8.32. The van der Waals surface area contributed by atoms with Crippen LogP contribution in [0.15, 0.2) is 28.3 Å². The number of thiol groups is 1. The first-order valence-corrected chi connectivity index (χ1v) is 5.35. The lowest BCUT2D eigenvalue weighted by molar-refractivity contribution is 0.322. The van der Waals surface area contributed by atoms with Crippen LogP contribution in [-0.4, -0.2) is 18.5 Å². The van der Waals surface area contributed by atoms with E-state index in [0.717, 1.165) is 16.2 Å². The van der Waals surface area contributed by atoms with Crippen LogP contribution < -0.4 is 4.74 Å². The molecule has 0 fully saturated rings. The third-order valence-electron chi connectivity index (χ3n) is 1.49. The molecule has 0 aliphatic heterocycles. The first-order valence-electron chi connectivity index (χ1n) is 3.48. The summed E-state index contributed by atoms with van der Waals surface area (Å²) in [6.45, 7) is 0. The van der Waals surface area contributed by atoms with E-state index in [1.807, 2.05) is 12.1 Å². The molecular formula is C8H9NO2S2. The van der Waals surface area contributed by atoms with Crippen molar-refractivity contribution in [1.82, 2.24) is 0 Å².